The van der Waals surface area contributed by atoms with Crippen LogP contribution in [0.1, 0.15) is 9.80 Å². The lowest BCUT2D eigenvalue weighted by Gasteiger charge is -1.78. The van der Waals surface area contributed by atoms with Crippen molar-refractivity contribution in [3.63, 3.8) is 0 Å². The van der Waals surface area contributed by atoms with Crippen LogP contribution in [0, 0.1) is 0 Å². The molecule has 0 fully saturated rings. The molecule has 0 aliphatic heterocycles. The Kier molecular flexibility index (Phi) is 1.36. The highest BCUT2D eigenvalue weighted by Gasteiger charge is 2.01. The molecule has 5 heteroatoms. The standard InChI is InChI=1S/C6H3N3OS/c10-3-5-8-4-1-2-7-9-6(4)11-5/h1-3H. The Labute approximate surface area is 65.9 Å². The van der Waals surface area contributed by atoms with Crippen molar-refractivity contribution in [2.24, 2.45) is 0 Å². The summed E-state index contributed by atoms with van der Waals surface area (Å²) in [5, 5.41) is 7.91. The summed E-state index contributed by atoms with van der Waals surface area (Å²) < 4.78 is 0. The van der Waals surface area contributed by atoms with Crippen molar-refractivity contribution < 1.29 is 4.79 Å². The highest BCUT2D eigenvalue weighted by Crippen LogP contribution is 2.16. The van der Waals surface area contributed by atoms with E-state index in [1.165, 1.54) is 11.3 Å². The van der Waals surface area contributed by atoms with Gasteiger partial charge in [-0.2, -0.15) is 5.10 Å². The number of thiazole rings is 1. The van der Waals surface area contributed by atoms with Crippen LogP contribution in [0.5, 0.6) is 0 Å². The van der Waals surface area contributed by atoms with Gasteiger partial charge < -0.3 is 0 Å². The van der Waals surface area contributed by atoms with Crippen LogP contribution in [-0.4, -0.2) is 21.5 Å². The van der Waals surface area contributed by atoms with E-state index in [-0.39, 0.29) is 0 Å². The zero-order chi connectivity index (χ0) is 7.68. The molecule has 0 amide bonds. The maximum absolute atomic E-state index is 10.3. The normalized spacial score (nSPS) is 10.2. The second-order valence-corrected chi connectivity index (χ2v) is 2.90. The molecule has 2 heterocycles. The summed E-state index contributed by atoms with van der Waals surface area (Å²) in [5.41, 5.74) is 0.729. The number of rotatable bonds is 1. The predicted octanol–water partition coefficient (Wildman–Crippen LogP) is 0.899. The molecule has 0 aromatic carbocycles. The highest BCUT2D eigenvalue weighted by molar-refractivity contribution is 7.19. The smallest absolute Gasteiger partial charge is 0.178 e. The molecule has 2 rings (SSSR count). The fourth-order valence-corrected chi connectivity index (χ4v) is 1.46. The summed E-state index contributed by atoms with van der Waals surface area (Å²) in [6, 6.07) is 1.73. The lowest BCUT2D eigenvalue weighted by atomic mass is 10.5. The van der Waals surface area contributed by atoms with Gasteiger partial charge in [-0.1, -0.05) is 11.3 Å². The van der Waals surface area contributed by atoms with E-state index >= 15 is 0 Å². The largest absolute Gasteiger partial charge is 0.295 e. The maximum Gasteiger partial charge on any atom is 0.178 e. The maximum atomic E-state index is 10.3. The van der Waals surface area contributed by atoms with E-state index in [1.807, 2.05) is 0 Å². The molecular weight excluding hydrogens is 162 g/mol. The summed E-state index contributed by atoms with van der Waals surface area (Å²) in [6.07, 6.45) is 2.27. The molecule has 0 bridgehead atoms. The van der Waals surface area contributed by atoms with Crippen LogP contribution in [-0.2, 0) is 0 Å². The monoisotopic (exact) mass is 165 g/mol. The summed E-state index contributed by atoms with van der Waals surface area (Å²) in [4.78, 5) is 15.0. The Morgan fingerprint density at radius 1 is 1.55 bits per heavy atom. The number of nitrogens with zero attached hydrogens (tertiary/aromatic N) is 3. The minimum Gasteiger partial charge on any atom is -0.295 e. The number of aromatic nitrogens is 3. The number of aldehydes is 1. The SMILES string of the molecule is O=Cc1nc2ccnnc2s1. The van der Waals surface area contributed by atoms with Crippen molar-refractivity contribution in [3.8, 4) is 0 Å². The molecule has 4 nitrogen and oxygen atoms in total. The van der Waals surface area contributed by atoms with Gasteiger partial charge in [0.2, 0.25) is 0 Å². The Bertz CT molecular complexity index is 364. The lowest BCUT2D eigenvalue weighted by Crippen LogP contribution is -1.76. The first-order valence-corrected chi connectivity index (χ1v) is 3.75. The average molecular weight is 165 g/mol. The van der Waals surface area contributed by atoms with E-state index in [4.69, 9.17) is 0 Å². The molecule has 2 aromatic rings. The minimum atomic E-state index is 0.445. The zero-order valence-electron chi connectivity index (χ0n) is 5.39. The van der Waals surface area contributed by atoms with E-state index in [9.17, 15) is 4.79 Å². The number of fused-ring (bicyclic) bond motifs is 1. The summed E-state index contributed by atoms with van der Waals surface area (Å²) in [6.45, 7) is 0. The Balaban J connectivity index is 2.78. The quantitative estimate of drug-likeness (QED) is 0.589. The summed E-state index contributed by atoms with van der Waals surface area (Å²) in [5.74, 6) is 0. The molecule has 2 aromatic heterocycles. The molecular formula is C6H3N3OS. The van der Waals surface area contributed by atoms with Gasteiger partial charge in [0, 0.05) is 0 Å². The van der Waals surface area contributed by atoms with Gasteiger partial charge in [-0.05, 0) is 6.07 Å². The van der Waals surface area contributed by atoms with Crippen molar-refractivity contribution in [2.45, 2.75) is 0 Å². The number of hydrogen-bond donors (Lipinski definition) is 0. The van der Waals surface area contributed by atoms with Gasteiger partial charge in [-0.3, -0.25) is 4.79 Å². The van der Waals surface area contributed by atoms with E-state index < -0.39 is 0 Å². The van der Waals surface area contributed by atoms with E-state index in [0.29, 0.717) is 16.1 Å². The van der Waals surface area contributed by atoms with Gasteiger partial charge in [0.05, 0.1) is 6.20 Å². The fourth-order valence-electron chi connectivity index (χ4n) is 0.761. The van der Waals surface area contributed by atoms with Crippen molar-refractivity contribution >= 4 is 28.0 Å². The van der Waals surface area contributed by atoms with Gasteiger partial charge >= 0.3 is 0 Å². The lowest BCUT2D eigenvalue weighted by molar-refractivity contribution is 0.112. The zero-order valence-corrected chi connectivity index (χ0v) is 6.21. The molecule has 0 aliphatic carbocycles. The first kappa shape index (κ1) is 6.36. The molecule has 0 N–H and O–H groups in total. The van der Waals surface area contributed by atoms with Crippen LogP contribution in [0.3, 0.4) is 0 Å². The number of carbonyl (C=O) groups is 1. The molecule has 11 heavy (non-hydrogen) atoms. The van der Waals surface area contributed by atoms with Gasteiger partial charge in [-0.25, -0.2) is 4.98 Å². The Morgan fingerprint density at radius 2 is 2.45 bits per heavy atom. The molecule has 0 saturated heterocycles. The average Bonchev–Trinajstić information content (AvgIpc) is 2.46. The minimum absolute atomic E-state index is 0.445. The van der Waals surface area contributed by atoms with E-state index in [0.717, 1.165) is 5.52 Å². The Morgan fingerprint density at radius 3 is 3.18 bits per heavy atom. The van der Waals surface area contributed by atoms with Gasteiger partial charge in [0.1, 0.15) is 5.52 Å². The molecule has 0 saturated carbocycles. The van der Waals surface area contributed by atoms with Gasteiger partial charge in [0.25, 0.3) is 0 Å². The molecule has 0 spiro atoms. The van der Waals surface area contributed by atoms with Gasteiger partial charge in [0.15, 0.2) is 16.1 Å². The molecule has 0 radical (unpaired) electrons. The van der Waals surface area contributed by atoms with E-state index in [1.54, 1.807) is 12.3 Å². The summed E-state index contributed by atoms with van der Waals surface area (Å²) in [7, 11) is 0. The van der Waals surface area contributed by atoms with Gasteiger partial charge in [-0.15, -0.1) is 5.10 Å². The molecule has 0 unspecified atom stereocenters. The third kappa shape index (κ3) is 0.988. The third-order valence-corrected chi connectivity index (χ3v) is 2.08. The molecule has 0 aliphatic rings. The fraction of sp³-hybridized carbons (Fsp3) is 0. The van der Waals surface area contributed by atoms with Crippen molar-refractivity contribution in [3.05, 3.63) is 17.3 Å². The second kappa shape index (κ2) is 2.35. The van der Waals surface area contributed by atoms with E-state index in [2.05, 4.69) is 15.2 Å². The molecule has 0 atom stereocenters. The van der Waals surface area contributed by atoms with Crippen LogP contribution in [0.2, 0.25) is 0 Å². The first-order chi connectivity index (χ1) is 5.40. The number of hydrogen-bond acceptors (Lipinski definition) is 5. The number of carbonyl (C=O) groups excluding carboxylic acids is 1. The van der Waals surface area contributed by atoms with Crippen molar-refractivity contribution in [2.75, 3.05) is 0 Å². The Hall–Kier alpha value is -1.36. The van der Waals surface area contributed by atoms with Crippen LogP contribution in [0.15, 0.2) is 12.3 Å². The van der Waals surface area contributed by atoms with Crippen molar-refractivity contribution in [1.82, 2.24) is 15.2 Å². The second-order valence-electron chi connectivity index (χ2n) is 1.89. The van der Waals surface area contributed by atoms with Crippen LogP contribution < -0.4 is 0 Å². The van der Waals surface area contributed by atoms with Crippen LogP contribution >= 0.6 is 11.3 Å². The molecule has 54 valence electrons. The summed E-state index contributed by atoms with van der Waals surface area (Å²) >= 11 is 1.24. The topological polar surface area (TPSA) is 55.7 Å². The predicted molar refractivity (Wildman–Crippen MR) is 40.6 cm³/mol. The van der Waals surface area contributed by atoms with Crippen molar-refractivity contribution in [1.29, 1.82) is 0 Å². The third-order valence-electron chi connectivity index (χ3n) is 1.20. The van der Waals surface area contributed by atoms with Crippen LogP contribution in [0.25, 0.3) is 10.3 Å². The van der Waals surface area contributed by atoms with Crippen LogP contribution in [0.4, 0.5) is 0 Å². The first-order valence-electron chi connectivity index (χ1n) is 2.93. The highest BCUT2D eigenvalue weighted by atomic mass is 32.1.